The highest BCUT2D eigenvalue weighted by Gasteiger charge is 2.44. The number of aliphatic hydroxyl groups is 5. The van der Waals surface area contributed by atoms with Crippen molar-refractivity contribution < 1.29 is 39.8 Å². The second-order valence-corrected chi connectivity index (χ2v) is 25.0. The summed E-state index contributed by atoms with van der Waals surface area (Å²) in [4.78, 5) is 13.1. The third kappa shape index (κ3) is 55.7. The lowest BCUT2D eigenvalue weighted by Gasteiger charge is -2.40. The Kier molecular flexibility index (Phi) is 63.5. The molecule has 1 amide bonds. The number of unbranched alkanes of at least 4 members (excludes halogenated alkanes) is 31. The van der Waals surface area contributed by atoms with Crippen LogP contribution in [0.15, 0.2) is 146 Å². The Balaban J connectivity index is 2.15. The van der Waals surface area contributed by atoms with E-state index in [4.69, 9.17) is 9.47 Å². The Morgan fingerprint density at radius 1 is 0.389 bits per heavy atom. The van der Waals surface area contributed by atoms with Crippen molar-refractivity contribution in [3.05, 3.63) is 146 Å². The van der Waals surface area contributed by atoms with E-state index in [0.717, 1.165) is 116 Å². The van der Waals surface area contributed by atoms with Crippen LogP contribution in [0.25, 0.3) is 0 Å². The summed E-state index contributed by atoms with van der Waals surface area (Å²) in [7, 11) is 0. The third-order valence-electron chi connectivity index (χ3n) is 16.6. The Bertz CT molecular complexity index is 1940. The molecule has 7 unspecified atom stereocenters. The van der Waals surface area contributed by atoms with Crippen LogP contribution in [0.5, 0.6) is 0 Å². The van der Waals surface area contributed by atoms with Crippen LogP contribution in [0.1, 0.15) is 303 Å². The van der Waals surface area contributed by atoms with Gasteiger partial charge in [0.15, 0.2) is 6.29 Å². The number of hydrogen-bond donors (Lipinski definition) is 6. The Morgan fingerprint density at radius 3 is 1.07 bits per heavy atom. The zero-order valence-corrected chi connectivity index (χ0v) is 57.6. The van der Waals surface area contributed by atoms with Gasteiger partial charge in [0.25, 0.3) is 0 Å². The number of nitrogens with one attached hydrogen (secondary N) is 1. The molecule has 0 saturated carbocycles. The zero-order valence-electron chi connectivity index (χ0n) is 57.6. The Labute approximate surface area is 553 Å². The smallest absolute Gasteiger partial charge is 0.220 e. The van der Waals surface area contributed by atoms with E-state index in [1.165, 1.54) is 167 Å². The number of ether oxygens (including phenoxy) is 2. The van der Waals surface area contributed by atoms with Crippen molar-refractivity contribution in [2.45, 2.75) is 346 Å². The van der Waals surface area contributed by atoms with Gasteiger partial charge in [-0.25, -0.2) is 0 Å². The molecule has 1 saturated heterocycles. The summed E-state index contributed by atoms with van der Waals surface area (Å²) < 4.78 is 11.3. The summed E-state index contributed by atoms with van der Waals surface area (Å²) in [5, 5.41) is 54.8. The van der Waals surface area contributed by atoms with E-state index in [0.29, 0.717) is 6.42 Å². The fraction of sp³-hybridized carbons (Fsp3) is 0.691. The van der Waals surface area contributed by atoms with E-state index < -0.39 is 49.5 Å². The Morgan fingerprint density at radius 2 is 0.700 bits per heavy atom. The maximum absolute atomic E-state index is 13.1. The van der Waals surface area contributed by atoms with E-state index in [-0.39, 0.29) is 12.5 Å². The number of carbonyl (C=O) groups excluding carboxylic acids is 1. The standard InChI is InChI=1S/C81H137NO8/c1-3-5-7-9-11-13-15-17-19-21-23-25-27-29-31-32-33-34-35-36-37-38-39-40-41-42-43-44-45-47-49-51-53-55-57-59-61-63-65-67-69-71-77(85)82-74(73-89-81-80(88)79(87)78(86)76(72-83)90-81)75(84)70-68-66-64-62-60-58-56-54-52-50-48-46-30-28-26-24-22-20-18-16-14-12-10-8-6-4-2/h5,7,11,13,17,19,23,25,29,31,33-34,36-37,39-40,42-43,45,47,60,62,68,70,74-76,78-81,83-84,86-88H,3-4,6,8-10,12,14-16,18,20-22,24,26-28,30,32,35,38,41,44,46,48-59,61,63-67,69,71-73H2,1-2H3,(H,82,85)/b7-5-,13-11-,19-17-,25-23-,31-29-,34-33-,37-36-,40-39-,43-42-,47-45-,62-60+,70-68+. The van der Waals surface area contributed by atoms with Crippen molar-refractivity contribution in [1.82, 2.24) is 5.32 Å². The molecule has 0 aromatic rings. The highest BCUT2D eigenvalue weighted by atomic mass is 16.7. The summed E-state index contributed by atoms with van der Waals surface area (Å²) in [5.74, 6) is -0.194. The fourth-order valence-corrected chi connectivity index (χ4v) is 10.9. The van der Waals surface area contributed by atoms with E-state index in [9.17, 15) is 30.3 Å². The average molecular weight is 1250 g/mol. The monoisotopic (exact) mass is 1250 g/mol. The van der Waals surface area contributed by atoms with Crippen LogP contribution in [0, 0.1) is 0 Å². The van der Waals surface area contributed by atoms with Gasteiger partial charge in [-0.15, -0.1) is 0 Å². The lowest BCUT2D eigenvalue weighted by molar-refractivity contribution is -0.302. The molecule has 1 fully saturated rings. The van der Waals surface area contributed by atoms with E-state index in [2.05, 4.69) is 153 Å². The lowest BCUT2D eigenvalue weighted by atomic mass is 9.99. The summed E-state index contributed by atoms with van der Waals surface area (Å²) in [5.41, 5.74) is 0. The van der Waals surface area contributed by atoms with Gasteiger partial charge in [0.2, 0.25) is 5.91 Å². The molecule has 9 heteroatoms. The maximum Gasteiger partial charge on any atom is 0.220 e. The summed E-state index contributed by atoms with van der Waals surface area (Å²) in [6.45, 7) is 3.67. The van der Waals surface area contributed by atoms with Gasteiger partial charge in [-0.05, 0) is 109 Å². The van der Waals surface area contributed by atoms with Crippen molar-refractivity contribution in [2.75, 3.05) is 13.2 Å². The first-order valence-electron chi connectivity index (χ1n) is 37.1. The van der Waals surface area contributed by atoms with Gasteiger partial charge in [-0.3, -0.25) is 4.79 Å². The first-order valence-corrected chi connectivity index (χ1v) is 37.1. The van der Waals surface area contributed by atoms with Gasteiger partial charge in [0.05, 0.1) is 25.4 Å². The summed E-state index contributed by atoms with van der Waals surface area (Å²) >= 11 is 0. The van der Waals surface area contributed by atoms with Gasteiger partial charge < -0.3 is 40.3 Å². The summed E-state index contributed by atoms with van der Waals surface area (Å²) in [6.07, 6.45) is 98.1. The highest BCUT2D eigenvalue weighted by Crippen LogP contribution is 2.23. The van der Waals surface area contributed by atoms with Crippen LogP contribution in [0.3, 0.4) is 0 Å². The highest BCUT2D eigenvalue weighted by molar-refractivity contribution is 5.76. The van der Waals surface area contributed by atoms with Gasteiger partial charge in [0.1, 0.15) is 24.4 Å². The minimum absolute atomic E-state index is 0.194. The quantitative estimate of drug-likeness (QED) is 0.0261. The van der Waals surface area contributed by atoms with Gasteiger partial charge >= 0.3 is 0 Å². The molecule has 6 N–H and O–H groups in total. The molecule has 1 aliphatic heterocycles. The van der Waals surface area contributed by atoms with Crippen LogP contribution in [0.2, 0.25) is 0 Å². The first kappa shape index (κ1) is 84.1. The summed E-state index contributed by atoms with van der Waals surface area (Å²) in [6, 6.07) is -0.836. The molecule has 9 nitrogen and oxygen atoms in total. The molecule has 7 atom stereocenters. The predicted octanol–water partition coefficient (Wildman–Crippen LogP) is 20.9. The number of hydrogen-bond acceptors (Lipinski definition) is 8. The SMILES string of the molecule is CC/C=C\C/C=C\C/C=C\C/C=C\C/C=C\C/C=C\C/C=C\C/C=C\C/C=C\C/C=C\CCCCCCCCCCCCC(=O)NC(COC1OC(CO)C(O)C(O)C1O)C(O)/C=C/CC/C=C/CCCCCCCCCCCCCCCCCCCCCC. The maximum atomic E-state index is 13.1. The van der Waals surface area contributed by atoms with E-state index in [1.807, 2.05) is 6.08 Å². The van der Waals surface area contributed by atoms with Crippen LogP contribution in [0.4, 0.5) is 0 Å². The molecule has 514 valence electrons. The van der Waals surface area contributed by atoms with Crippen molar-refractivity contribution >= 4 is 5.91 Å². The molecule has 1 heterocycles. The topological polar surface area (TPSA) is 149 Å². The molecule has 90 heavy (non-hydrogen) atoms. The van der Waals surface area contributed by atoms with Gasteiger partial charge in [-0.2, -0.15) is 0 Å². The van der Waals surface area contributed by atoms with Crippen molar-refractivity contribution in [3.63, 3.8) is 0 Å². The van der Waals surface area contributed by atoms with Gasteiger partial charge in [0, 0.05) is 6.42 Å². The van der Waals surface area contributed by atoms with E-state index in [1.54, 1.807) is 6.08 Å². The van der Waals surface area contributed by atoms with Crippen LogP contribution in [-0.4, -0.2) is 87.5 Å². The number of allylic oxidation sites excluding steroid dienone is 23. The Hall–Kier alpha value is -3.93. The molecule has 0 aliphatic carbocycles. The second-order valence-electron chi connectivity index (χ2n) is 25.0. The fourth-order valence-electron chi connectivity index (χ4n) is 10.9. The number of amides is 1. The molecule has 0 aromatic carbocycles. The second kappa shape index (κ2) is 67.9. The average Bonchev–Trinajstić information content (AvgIpc) is 1.28. The predicted molar refractivity (Wildman–Crippen MR) is 386 cm³/mol. The minimum atomic E-state index is -1.58. The van der Waals surface area contributed by atoms with Crippen molar-refractivity contribution in [1.29, 1.82) is 0 Å². The molecule has 1 aliphatic rings. The molecule has 0 spiro atoms. The minimum Gasteiger partial charge on any atom is -0.394 e. The first-order chi connectivity index (χ1) is 44.3. The largest absolute Gasteiger partial charge is 0.394 e. The molecule has 0 bridgehead atoms. The number of rotatable bonds is 63. The van der Waals surface area contributed by atoms with Crippen LogP contribution in [-0.2, 0) is 14.3 Å². The van der Waals surface area contributed by atoms with E-state index >= 15 is 0 Å². The number of carbonyl (C=O) groups is 1. The molecular weight excluding hydrogens is 1110 g/mol. The molecule has 0 aromatic heterocycles. The molecule has 0 radical (unpaired) electrons. The van der Waals surface area contributed by atoms with Crippen molar-refractivity contribution in [2.24, 2.45) is 0 Å². The third-order valence-corrected chi connectivity index (χ3v) is 16.6. The van der Waals surface area contributed by atoms with Crippen LogP contribution >= 0.6 is 0 Å². The lowest BCUT2D eigenvalue weighted by Crippen LogP contribution is -2.60. The molecule has 1 rings (SSSR count). The van der Waals surface area contributed by atoms with Crippen LogP contribution < -0.4 is 5.32 Å². The normalized spacial score (nSPS) is 18.7. The zero-order chi connectivity index (χ0) is 64.9. The van der Waals surface area contributed by atoms with Crippen molar-refractivity contribution in [3.8, 4) is 0 Å². The van der Waals surface area contributed by atoms with Gasteiger partial charge in [-0.1, -0.05) is 333 Å². The molecular formula is C81H137NO8. The number of aliphatic hydroxyl groups excluding tert-OH is 5.